The molecule has 22 heavy (non-hydrogen) atoms. The molecule has 1 aromatic rings. The molecule has 1 unspecified atom stereocenters. The first kappa shape index (κ1) is 16.3. The van der Waals surface area contributed by atoms with Gasteiger partial charge in [-0.05, 0) is 23.6 Å². The van der Waals surface area contributed by atoms with Crippen LogP contribution in [0.15, 0.2) is 12.1 Å². The van der Waals surface area contributed by atoms with Crippen molar-refractivity contribution in [1.82, 2.24) is 10.4 Å². The summed E-state index contributed by atoms with van der Waals surface area (Å²) in [6, 6.07) is 2.45. The third-order valence-electron chi connectivity index (χ3n) is 3.51. The Kier molecular flexibility index (Phi) is 5.42. The number of rotatable bonds is 6. The predicted octanol–water partition coefficient (Wildman–Crippen LogP) is 0.452. The minimum absolute atomic E-state index is 0.212. The first-order chi connectivity index (χ1) is 10.6. The third-order valence-corrected chi connectivity index (χ3v) is 3.51. The first-order valence-electron chi connectivity index (χ1n) is 6.97. The Labute approximate surface area is 127 Å². The Morgan fingerprint density at radius 2 is 2.41 bits per heavy atom. The van der Waals surface area contributed by atoms with Crippen LogP contribution >= 0.6 is 0 Å². The molecular formula is C14H19FN4O3. The van der Waals surface area contributed by atoms with Gasteiger partial charge in [0.05, 0.1) is 6.54 Å². The van der Waals surface area contributed by atoms with Crippen LogP contribution in [-0.2, 0) is 27.6 Å². The van der Waals surface area contributed by atoms with Crippen molar-refractivity contribution in [3.8, 4) is 0 Å². The Morgan fingerprint density at radius 1 is 1.64 bits per heavy atom. The molecule has 0 aromatic heterocycles. The summed E-state index contributed by atoms with van der Waals surface area (Å²) < 4.78 is 13.9. The van der Waals surface area contributed by atoms with Crippen LogP contribution in [0.25, 0.3) is 0 Å². The number of carbonyl (C=O) groups is 2. The van der Waals surface area contributed by atoms with E-state index in [-0.39, 0.29) is 31.1 Å². The number of likely N-dealkylation sites (N-methyl/N-ethyl adjacent to an activating group) is 1. The van der Waals surface area contributed by atoms with Crippen molar-refractivity contribution < 1.29 is 18.9 Å². The first-order valence-corrected chi connectivity index (χ1v) is 6.97. The second-order valence-electron chi connectivity index (χ2n) is 4.96. The number of anilines is 1. The zero-order chi connectivity index (χ0) is 16.1. The molecule has 1 aromatic carbocycles. The summed E-state index contributed by atoms with van der Waals surface area (Å²) in [6.45, 7) is 0.430. The number of nitrogens with zero attached hydrogens (tertiary/aromatic N) is 1. The highest BCUT2D eigenvalue weighted by Gasteiger charge is 2.31. The zero-order valence-corrected chi connectivity index (χ0v) is 12.3. The van der Waals surface area contributed by atoms with Crippen LogP contribution in [0.2, 0.25) is 0 Å². The summed E-state index contributed by atoms with van der Waals surface area (Å²) in [6.07, 6.45) is 1.27. The summed E-state index contributed by atoms with van der Waals surface area (Å²) >= 11 is 0. The number of hydrogen-bond donors (Lipinski definition) is 3. The highest BCUT2D eigenvalue weighted by atomic mass is 19.1. The fourth-order valence-corrected chi connectivity index (χ4v) is 2.36. The predicted molar refractivity (Wildman–Crippen MR) is 77.7 cm³/mol. The van der Waals surface area contributed by atoms with Gasteiger partial charge in [-0.25, -0.2) is 9.87 Å². The molecule has 4 N–H and O–H groups in total. The number of fused-ring (bicyclic) bond motifs is 1. The number of benzene rings is 1. The minimum atomic E-state index is -0.652. The summed E-state index contributed by atoms with van der Waals surface area (Å²) in [5, 5.41) is 3.92. The number of aldehydes is 1. The number of hydroxylamine groups is 2. The van der Waals surface area contributed by atoms with Crippen molar-refractivity contribution in [3.63, 3.8) is 0 Å². The monoisotopic (exact) mass is 310 g/mol. The lowest BCUT2D eigenvalue weighted by molar-refractivity contribution is -0.185. The standard InChI is InChI=1S/C14H19FN4O3/c1-17-14(21)12(3-2-4-20)19-8-10-5-9(7-16)6-11(15)13(10)18-22-19/h4-6,12,18H,2-3,7-8,16H2,1H3,(H,17,21). The number of hydrogen-bond acceptors (Lipinski definition) is 6. The highest BCUT2D eigenvalue weighted by Crippen LogP contribution is 2.29. The third kappa shape index (κ3) is 3.41. The molecule has 120 valence electrons. The Balaban J connectivity index is 2.23. The van der Waals surface area contributed by atoms with E-state index < -0.39 is 11.9 Å². The van der Waals surface area contributed by atoms with Gasteiger partial charge in [-0.3, -0.25) is 4.79 Å². The van der Waals surface area contributed by atoms with Crippen molar-refractivity contribution >= 4 is 17.9 Å². The highest BCUT2D eigenvalue weighted by molar-refractivity contribution is 5.81. The molecule has 1 amide bonds. The van der Waals surface area contributed by atoms with Gasteiger partial charge in [0.15, 0.2) is 0 Å². The van der Waals surface area contributed by atoms with Crippen molar-refractivity contribution in [2.45, 2.75) is 32.0 Å². The Bertz CT molecular complexity index is 567. The Morgan fingerprint density at radius 3 is 3.05 bits per heavy atom. The maximum Gasteiger partial charge on any atom is 0.239 e. The smallest absolute Gasteiger partial charge is 0.239 e. The maximum atomic E-state index is 13.9. The maximum absolute atomic E-state index is 13.9. The molecule has 0 saturated heterocycles. The molecular weight excluding hydrogens is 291 g/mol. The zero-order valence-electron chi connectivity index (χ0n) is 12.3. The van der Waals surface area contributed by atoms with E-state index in [1.54, 1.807) is 6.07 Å². The van der Waals surface area contributed by atoms with Crippen molar-refractivity contribution in [2.75, 3.05) is 12.5 Å². The fraction of sp³-hybridized carbons (Fsp3) is 0.429. The van der Waals surface area contributed by atoms with Gasteiger partial charge in [-0.2, -0.15) is 4.94 Å². The van der Waals surface area contributed by atoms with Gasteiger partial charge in [0.1, 0.15) is 23.8 Å². The van der Waals surface area contributed by atoms with Crippen LogP contribution in [0, 0.1) is 5.82 Å². The van der Waals surface area contributed by atoms with Crippen molar-refractivity contribution in [3.05, 3.63) is 29.1 Å². The topological polar surface area (TPSA) is 96.7 Å². The SMILES string of the molecule is CNC(=O)C(CCC=O)N1Cc2cc(CN)cc(F)c2NO1. The van der Waals surface area contributed by atoms with Crippen molar-refractivity contribution in [2.24, 2.45) is 5.73 Å². The van der Waals surface area contributed by atoms with Gasteiger partial charge in [0.2, 0.25) is 5.91 Å². The molecule has 1 aliphatic heterocycles. The number of nitrogens with two attached hydrogens (primary N) is 1. The summed E-state index contributed by atoms with van der Waals surface area (Å²) in [4.78, 5) is 27.8. The van der Waals surface area contributed by atoms with Gasteiger partial charge < -0.3 is 15.8 Å². The van der Waals surface area contributed by atoms with E-state index in [4.69, 9.17) is 10.7 Å². The lowest BCUT2D eigenvalue weighted by Gasteiger charge is -2.33. The molecule has 0 aliphatic carbocycles. The quantitative estimate of drug-likeness (QED) is 0.660. The molecule has 0 radical (unpaired) electrons. The molecule has 0 saturated carbocycles. The van der Waals surface area contributed by atoms with Gasteiger partial charge >= 0.3 is 0 Å². The Hall–Kier alpha value is -2.03. The lowest BCUT2D eigenvalue weighted by Crippen LogP contribution is -2.48. The molecule has 0 fully saturated rings. The van der Waals surface area contributed by atoms with E-state index in [1.165, 1.54) is 18.2 Å². The lowest BCUT2D eigenvalue weighted by atomic mass is 10.1. The molecule has 1 heterocycles. The van der Waals surface area contributed by atoms with Crippen LogP contribution in [0.1, 0.15) is 24.0 Å². The molecule has 7 nitrogen and oxygen atoms in total. The normalized spacial score (nSPS) is 15.6. The van der Waals surface area contributed by atoms with E-state index in [9.17, 15) is 14.0 Å². The number of amides is 1. The van der Waals surface area contributed by atoms with E-state index in [2.05, 4.69) is 10.8 Å². The number of halogens is 1. The van der Waals surface area contributed by atoms with E-state index in [1.807, 2.05) is 0 Å². The van der Waals surface area contributed by atoms with Gasteiger partial charge in [-0.1, -0.05) is 6.07 Å². The minimum Gasteiger partial charge on any atom is -0.358 e. The van der Waals surface area contributed by atoms with Crippen molar-refractivity contribution in [1.29, 1.82) is 0 Å². The molecule has 0 spiro atoms. The number of carbonyl (C=O) groups excluding carboxylic acids is 2. The molecule has 1 atom stereocenters. The fourth-order valence-electron chi connectivity index (χ4n) is 2.36. The van der Waals surface area contributed by atoms with Gasteiger partial charge in [0.25, 0.3) is 0 Å². The summed E-state index contributed by atoms with van der Waals surface area (Å²) in [5.74, 6) is -0.732. The molecule has 1 aliphatic rings. The average Bonchev–Trinajstić information content (AvgIpc) is 2.54. The van der Waals surface area contributed by atoms with Crippen LogP contribution in [0.5, 0.6) is 0 Å². The molecule has 0 bridgehead atoms. The second kappa shape index (κ2) is 7.30. The van der Waals surface area contributed by atoms with E-state index in [0.29, 0.717) is 17.5 Å². The van der Waals surface area contributed by atoms with Crippen LogP contribution in [0.4, 0.5) is 10.1 Å². The molecule has 2 rings (SSSR count). The van der Waals surface area contributed by atoms with E-state index >= 15 is 0 Å². The van der Waals surface area contributed by atoms with Gasteiger partial charge in [0, 0.05) is 20.0 Å². The van der Waals surface area contributed by atoms with E-state index in [0.717, 1.165) is 6.29 Å². The second-order valence-corrected chi connectivity index (χ2v) is 4.96. The molecule has 8 heteroatoms. The summed E-state index contributed by atoms with van der Waals surface area (Å²) in [5.41, 5.74) is 9.59. The van der Waals surface area contributed by atoms with Gasteiger partial charge in [-0.15, -0.1) is 5.06 Å². The summed E-state index contributed by atoms with van der Waals surface area (Å²) in [7, 11) is 1.51. The average molecular weight is 310 g/mol. The van der Waals surface area contributed by atoms with Crippen LogP contribution in [0.3, 0.4) is 0 Å². The van der Waals surface area contributed by atoms with Crippen LogP contribution < -0.4 is 16.5 Å². The largest absolute Gasteiger partial charge is 0.358 e. The number of nitrogens with one attached hydrogen (secondary N) is 2. The van der Waals surface area contributed by atoms with Crippen LogP contribution in [-0.4, -0.2) is 30.3 Å².